The molecule has 2 rings (SSSR count). The lowest BCUT2D eigenvalue weighted by atomic mass is 10.1. The SMILES string of the molecule is Cc1ccccc1N1CCN(C(=O)CCC(=O)O)CC1. The van der Waals surface area contributed by atoms with Crippen molar-refractivity contribution in [3.63, 3.8) is 0 Å². The van der Waals surface area contributed by atoms with Crippen molar-refractivity contribution < 1.29 is 14.7 Å². The van der Waals surface area contributed by atoms with Gasteiger partial charge in [-0.3, -0.25) is 9.59 Å². The molecule has 1 aliphatic heterocycles. The zero-order valence-corrected chi connectivity index (χ0v) is 11.7. The van der Waals surface area contributed by atoms with Crippen LogP contribution in [-0.4, -0.2) is 48.1 Å². The van der Waals surface area contributed by atoms with E-state index in [0.717, 1.165) is 13.1 Å². The third-order valence-electron chi connectivity index (χ3n) is 3.64. The molecule has 1 heterocycles. The number of amides is 1. The van der Waals surface area contributed by atoms with Gasteiger partial charge in [0.25, 0.3) is 0 Å². The van der Waals surface area contributed by atoms with Gasteiger partial charge >= 0.3 is 5.97 Å². The van der Waals surface area contributed by atoms with Gasteiger partial charge in [-0.25, -0.2) is 0 Å². The zero-order valence-electron chi connectivity index (χ0n) is 11.7. The molecule has 0 atom stereocenters. The Balaban J connectivity index is 1.88. The Morgan fingerprint density at radius 3 is 2.35 bits per heavy atom. The smallest absolute Gasteiger partial charge is 0.303 e. The van der Waals surface area contributed by atoms with Crippen LogP contribution in [0, 0.1) is 6.92 Å². The quantitative estimate of drug-likeness (QED) is 0.905. The van der Waals surface area contributed by atoms with Crippen LogP contribution in [0.4, 0.5) is 5.69 Å². The predicted molar refractivity (Wildman–Crippen MR) is 76.8 cm³/mol. The fourth-order valence-electron chi connectivity index (χ4n) is 2.49. The van der Waals surface area contributed by atoms with Crippen LogP contribution < -0.4 is 4.90 Å². The van der Waals surface area contributed by atoms with E-state index in [4.69, 9.17) is 5.11 Å². The number of piperazine rings is 1. The van der Waals surface area contributed by atoms with Gasteiger partial charge in [0.2, 0.25) is 5.91 Å². The van der Waals surface area contributed by atoms with Crippen LogP contribution in [-0.2, 0) is 9.59 Å². The lowest BCUT2D eigenvalue weighted by Crippen LogP contribution is -2.49. The number of para-hydroxylation sites is 1. The molecule has 0 aliphatic carbocycles. The van der Waals surface area contributed by atoms with Crippen molar-refractivity contribution in [2.75, 3.05) is 31.1 Å². The normalized spacial score (nSPS) is 15.2. The van der Waals surface area contributed by atoms with Crippen molar-refractivity contribution in [1.82, 2.24) is 4.90 Å². The summed E-state index contributed by atoms with van der Waals surface area (Å²) in [5, 5.41) is 8.60. The standard InChI is InChI=1S/C15H20N2O3/c1-12-4-2-3-5-13(12)16-8-10-17(11-9-16)14(18)6-7-15(19)20/h2-5H,6-11H2,1H3,(H,19,20). The summed E-state index contributed by atoms with van der Waals surface area (Å²) in [7, 11) is 0. The van der Waals surface area contributed by atoms with E-state index < -0.39 is 5.97 Å². The monoisotopic (exact) mass is 276 g/mol. The molecule has 1 aromatic carbocycles. The average molecular weight is 276 g/mol. The van der Waals surface area contributed by atoms with Crippen LogP contribution in [0.15, 0.2) is 24.3 Å². The van der Waals surface area contributed by atoms with E-state index in [1.165, 1.54) is 11.3 Å². The summed E-state index contributed by atoms with van der Waals surface area (Å²) in [5.74, 6) is -0.978. The summed E-state index contributed by atoms with van der Waals surface area (Å²) < 4.78 is 0. The minimum Gasteiger partial charge on any atom is -0.481 e. The highest BCUT2D eigenvalue weighted by Gasteiger charge is 2.22. The molecule has 0 saturated carbocycles. The summed E-state index contributed by atoms with van der Waals surface area (Å²) in [6.07, 6.45) is 0.0105. The number of carbonyl (C=O) groups is 2. The van der Waals surface area contributed by atoms with E-state index in [1.807, 2.05) is 12.1 Å². The Morgan fingerprint density at radius 2 is 1.75 bits per heavy atom. The molecule has 108 valence electrons. The second kappa shape index (κ2) is 6.41. The number of rotatable bonds is 4. The van der Waals surface area contributed by atoms with Crippen LogP contribution in [0.2, 0.25) is 0 Å². The summed E-state index contributed by atoms with van der Waals surface area (Å²) in [5.41, 5.74) is 2.45. The molecule has 0 radical (unpaired) electrons. The largest absolute Gasteiger partial charge is 0.481 e. The van der Waals surface area contributed by atoms with Gasteiger partial charge in [0, 0.05) is 38.3 Å². The highest BCUT2D eigenvalue weighted by molar-refractivity contribution is 5.81. The number of nitrogens with zero attached hydrogens (tertiary/aromatic N) is 2. The molecule has 20 heavy (non-hydrogen) atoms. The summed E-state index contributed by atoms with van der Waals surface area (Å²) >= 11 is 0. The number of aryl methyl sites for hydroxylation is 1. The van der Waals surface area contributed by atoms with Crippen LogP contribution in [0.1, 0.15) is 18.4 Å². The predicted octanol–water partition coefficient (Wildman–Crippen LogP) is 1.51. The molecule has 1 amide bonds. The van der Waals surface area contributed by atoms with Crippen molar-refractivity contribution in [2.24, 2.45) is 0 Å². The highest BCUT2D eigenvalue weighted by atomic mass is 16.4. The number of carboxylic acid groups (broad SMARTS) is 1. The number of aliphatic carboxylic acids is 1. The minimum absolute atomic E-state index is 0.0585. The highest BCUT2D eigenvalue weighted by Crippen LogP contribution is 2.20. The molecule has 0 bridgehead atoms. The number of benzene rings is 1. The maximum absolute atomic E-state index is 11.9. The molecule has 5 nitrogen and oxygen atoms in total. The van der Waals surface area contributed by atoms with Gasteiger partial charge in [0.05, 0.1) is 6.42 Å². The Labute approximate surface area is 118 Å². The van der Waals surface area contributed by atoms with Crippen LogP contribution >= 0.6 is 0 Å². The first-order chi connectivity index (χ1) is 9.58. The fourth-order valence-corrected chi connectivity index (χ4v) is 2.49. The first-order valence-electron chi connectivity index (χ1n) is 6.88. The minimum atomic E-state index is -0.920. The third kappa shape index (κ3) is 3.50. The van der Waals surface area contributed by atoms with Gasteiger partial charge in [0.15, 0.2) is 0 Å². The van der Waals surface area contributed by atoms with E-state index in [1.54, 1.807) is 4.90 Å². The lowest BCUT2D eigenvalue weighted by molar-refractivity contribution is -0.141. The number of hydrogen-bond donors (Lipinski definition) is 1. The zero-order chi connectivity index (χ0) is 14.5. The van der Waals surface area contributed by atoms with Gasteiger partial charge in [-0.2, -0.15) is 0 Å². The fraction of sp³-hybridized carbons (Fsp3) is 0.467. The van der Waals surface area contributed by atoms with E-state index in [2.05, 4.69) is 24.0 Å². The van der Waals surface area contributed by atoms with Gasteiger partial charge in [-0.1, -0.05) is 18.2 Å². The number of anilines is 1. The second-order valence-electron chi connectivity index (χ2n) is 5.05. The first kappa shape index (κ1) is 14.4. The molecular weight excluding hydrogens is 256 g/mol. The number of carboxylic acids is 1. The molecule has 0 aromatic heterocycles. The van der Waals surface area contributed by atoms with Crippen molar-refractivity contribution in [1.29, 1.82) is 0 Å². The second-order valence-corrected chi connectivity index (χ2v) is 5.05. The molecule has 1 fully saturated rings. The van der Waals surface area contributed by atoms with E-state index in [-0.39, 0.29) is 18.7 Å². The number of carbonyl (C=O) groups excluding carboxylic acids is 1. The Hall–Kier alpha value is -2.04. The van der Waals surface area contributed by atoms with E-state index in [0.29, 0.717) is 13.1 Å². The Bertz CT molecular complexity index is 494. The van der Waals surface area contributed by atoms with Crippen molar-refractivity contribution in [3.05, 3.63) is 29.8 Å². The lowest BCUT2D eigenvalue weighted by Gasteiger charge is -2.36. The molecule has 5 heteroatoms. The summed E-state index contributed by atoms with van der Waals surface area (Å²) in [6, 6.07) is 8.22. The van der Waals surface area contributed by atoms with Gasteiger partial charge < -0.3 is 14.9 Å². The van der Waals surface area contributed by atoms with Crippen LogP contribution in [0.3, 0.4) is 0 Å². The van der Waals surface area contributed by atoms with Gasteiger partial charge in [0.1, 0.15) is 0 Å². The summed E-state index contributed by atoms with van der Waals surface area (Å²) in [4.78, 5) is 26.4. The van der Waals surface area contributed by atoms with Crippen LogP contribution in [0.25, 0.3) is 0 Å². The Morgan fingerprint density at radius 1 is 1.10 bits per heavy atom. The molecular formula is C15H20N2O3. The molecule has 1 aliphatic rings. The third-order valence-corrected chi connectivity index (χ3v) is 3.64. The molecule has 1 N–H and O–H groups in total. The maximum Gasteiger partial charge on any atom is 0.303 e. The van der Waals surface area contributed by atoms with Gasteiger partial charge in [-0.15, -0.1) is 0 Å². The van der Waals surface area contributed by atoms with Crippen molar-refractivity contribution in [2.45, 2.75) is 19.8 Å². The van der Waals surface area contributed by atoms with Gasteiger partial charge in [-0.05, 0) is 18.6 Å². The topological polar surface area (TPSA) is 60.9 Å². The number of hydrogen-bond acceptors (Lipinski definition) is 3. The van der Waals surface area contributed by atoms with Crippen LogP contribution in [0.5, 0.6) is 0 Å². The molecule has 1 saturated heterocycles. The molecule has 0 unspecified atom stereocenters. The maximum atomic E-state index is 11.9. The van der Waals surface area contributed by atoms with Crippen molar-refractivity contribution >= 4 is 17.6 Å². The molecule has 1 aromatic rings. The van der Waals surface area contributed by atoms with Crippen molar-refractivity contribution in [3.8, 4) is 0 Å². The first-order valence-corrected chi connectivity index (χ1v) is 6.88. The molecule has 0 spiro atoms. The van der Waals surface area contributed by atoms with E-state index in [9.17, 15) is 9.59 Å². The Kier molecular flexibility index (Phi) is 4.61. The van der Waals surface area contributed by atoms with E-state index >= 15 is 0 Å². The average Bonchev–Trinajstić information content (AvgIpc) is 2.45. The summed E-state index contributed by atoms with van der Waals surface area (Å²) in [6.45, 7) is 4.99.